The van der Waals surface area contributed by atoms with Gasteiger partial charge in [0.15, 0.2) is 0 Å². The lowest BCUT2D eigenvalue weighted by Crippen LogP contribution is -2.33. The Morgan fingerprint density at radius 3 is 2.58 bits per heavy atom. The van der Waals surface area contributed by atoms with E-state index in [1.165, 1.54) is 0 Å². The first kappa shape index (κ1) is 17.7. The number of hydrogen-bond acceptors (Lipinski definition) is 4. The molecule has 0 fully saturated rings. The van der Waals surface area contributed by atoms with E-state index < -0.39 is 17.6 Å². The van der Waals surface area contributed by atoms with Crippen LogP contribution < -0.4 is 15.8 Å². The third-order valence-corrected chi connectivity index (χ3v) is 3.40. The van der Waals surface area contributed by atoms with Gasteiger partial charge in [0.05, 0.1) is 7.11 Å². The molecule has 0 atom stereocenters. The van der Waals surface area contributed by atoms with Gasteiger partial charge in [0.1, 0.15) is 17.0 Å². The van der Waals surface area contributed by atoms with E-state index in [9.17, 15) is 9.59 Å². The van der Waals surface area contributed by atoms with Crippen molar-refractivity contribution < 1.29 is 19.1 Å². The second-order valence-corrected chi connectivity index (χ2v) is 6.43. The van der Waals surface area contributed by atoms with Gasteiger partial charge in [-0.3, -0.25) is 4.79 Å². The average Bonchev–Trinajstić information content (AvgIpc) is 2.83. The molecule has 1 aromatic carbocycles. The Kier molecular flexibility index (Phi) is 5.02. The van der Waals surface area contributed by atoms with Gasteiger partial charge in [-0.1, -0.05) is 0 Å². The zero-order chi connectivity index (χ0) is 17.9. The number of aromatic nitrogens is 1. The number of methoxy groups -OCH3 is 1. The van der Waals surface area contributed by atoms with Crippen molar-refractivity contribution in [1.29, 1.82) is 0 Å². The van der Waals surface area contributed by atoms with Gasteiger partial charge in [0.2, 0.25) is 0 Å². The van der Waals surface area contributed by atoms with Crippen molar-refractivity contribution >= 4 is 22.9 Å². The monoisotopic (exact) mass is 333 g/mol. The molecule has 7 heteroatoms. The number of carbonyl (C=O) groups excluding carboxylic acids is 2. The second kappa shape index (κ2) is 6.82. The molecule has 0 aliphatic heterocycles. The SMILES string of the molecule is COc1ccc2[nH]c(C(N)=O)c(CCNC(=O)OC(C)(C)C)c2c1. The number of nitrogens with two attached hydrogens (primary N) is 1. The maximum absolute atomic E-state index is 11.7. The maximum atomic E-state index is 11.7. The van der Waals surface area contributed by atoms with Gasteiger partial charge >= 0.3 is 6.09 Å². The molecule has 0 unspecified atom stereocenters. The Hall–Kier alpha value is -2.70. The molecule has 0 saturated heterocycles. The van der Waals surface area contributed by atoms with Crippen LogP contribution >= 0.6 is 0 Å². The van der Waals surface area contributed by atoms with Crippen molar-refractivity contribution in [2.45, 2.75) is 32.8 Å². The third kappa shape index (κ3) is 4.18. The summed E-state index contributed by atoms with van der Waals surface area (Å²) in [5.41, 5.74) is 6.76. The van der Waals surface area contributed by atoms with Gasteiger partial charge < -0.3 is 25.5 Å². The predicted molar refractivity (Wildman–Crippen MR) is 91.3 cm³/mol. The van der Waals surface area contributed by atoms with E-state index in [4.69, 9.17) is 15.2 Å². The highest BCUT2D eigenvalue weighted by Gasteiger charge is 2.18. The Morgan fingerprint density at radius 2 is 2.00 bits per heavy atom. The number of primary amides is 1. The van der Waals surface area contributed by atoms with Crippen LogP contribution in [0.3, 0.4) is 0 Å². The minimum Gasteiger partial charge on any atom is -0.497 e. The number of benzene rings is 1. The molecule has 2 rings (SSSR count). The standard InChI is InChI=1S/C17H23N3O4/c1-17(2,3)24-16(22)19-8-7-11-12-9-10(23-4)5-6-13(12)20-14(11)15(18)21/h5-6,9,20H,7-8H2,1-4H3,(H2,18,21)(H,19,22). The number of nitrogens with one attached hydrogen (secondary N) is 2. The first-order chi connectivity index (χ1) is 11.2. The molecule has 0 bridgehead atoms. The van der Waals surface area contributed by atoms with Crippen LogP contribution in [0.25, 0.3) is 10.9 Å². The molecule has 7 nitrogen and oxygen atoms in total. The van der Waals surface area contributed by atoms with Crippen molar-refractivity contribution in [3.8, 4) is 5.75 Å². The highest BCUT2D eigenvalue weighted by molar-refractivity contribution is 6.00. The fraction of sp³-hybridized carbons (Fsp3) is 0.412. The summed E-state index contributed by atoms with van der Waals surface area (Å²) in [6, 6.07) is 5.46. The van der Waals surface area contributed by atoms with Gasteiger partial charge in [0, 0.05) is 17.4 Å². The van der Waals surface area contributed by atoms with E-state index in [0.29, 0.717) is 24.4 Å². The lowest BCUT2D eigenvalue weighted by Gasteiger charge is -2.19. The normalized spacial score (nSPS) is 11.3. The molecule has 0 aliphatic carbocycles. The van der Waals surface area contributed by atoms with Crippen LogP contribution in [0.4, 0.5) is 4.79 Å². The largest absolute Gasteiger partial charge is 0.497 e. The Labute approximate surface area is 140 Å². The summed E-state index contributed by atoms with van der Waals surface area (Å²) in [5, 5.41) is 3.52. The quantitative estimate of drug-likeness (QED) is 0.780. The minimum atomic E-state index is -0.559. The van der Waals surface area contributed by atoms with Gasteiger partial charge in [-0.2, -0.15) is 0 Å². The minimum absolute atomic E-state index is 0.319. The number of alkyl carbamates (subject to hydrolysis) is 1. The van der Waals surface area contributed by atoms with E-state index in [1.54, 1.807) is 33.9 Å². The number of amides is 2. The number of aromatic amines is 1. The van der Waals surface area contributed by atoms with Crippen LogP contribution in [0, 0.1) is 0 Å². The van der Waals surface area contributed by atoms with Crippen LogP contribution in [0.15, 0.2) is 18.2 Å². The van der Waals surface area contributed by atoms with E-state index in [1.807, 2.05) is 12.1 Å². The molecule has 0 spiro atoms. The predicted octanol–water partition coefficient (Wildman–Crippen LogP) is 2.34. The van der Waals surface area contributed by atoms with Crippen molar-refractivity contribution in [2.24, 2.45) is 5.73 Å². The van der Waals surface area contributed by atoms with Gasteiger partial charge in [-0.15, -0.1) is 0 Å². The Bertz CT molecular complexity index is 759. The summed E-state index contributed by atoms with van der Waals surface area (Å²) in [7, 11) is 1.58. The molecule has 1 aromatic heterocycles. The second-order valence-electron chi connectivity index (χ2n) is 6.43. The first-order valence-corrected chi connectivity index (χ1v) is 7.66. The summed E-state index contributed by atoms with van der Waals surface area (Å²) >= 11 is 0. The van der Waals surface area contributed by atoms with Crippen LogP contribution in [0.2, 0.25) is 0 Å². The Morgan fingerprint density at radius 1 is 1.29 bits per heavy atom. The van der Waals surface area contributed by atoms with E-state index in [2.05, 4.69) is 10.3 Å². The van der Waals surface area contributed by atoms with Crippen molar-refractivity contribution in [3.05, 3.63) is 29.5 Å². The first-order valence-electron chi connectivity index (χ1n) is 7.66. The van der Waals surface area contributed by atoms with Gasteiger partial charge in [-0.05, 0) is 51.0 Å². The number of ether oxygens (including phenoxy) is 2. The third-order valence-electron chi connectivity index (χ3n) is 3.40. The van der Waals surface area contributed by atoms with Crippen molar-refractivity contribution in [3.63, 3.8) is 0 Å². The summed E-state index contributed by atoms with van der Waals surface area (Å²) in [6.45, 7) is 5.70. The molecular weight excluding hydrogens is 310 g/mol. The van der Waals surface area contributed by atoms with Crippen LogP contribution in [0.1, 0.15) is 36.8 Å². The smallest absolute Gasteiger partial charge is 0.407 e. The Balaban J connectivity index is 2.19. The molecule has 2 aromatic rings. The number of fused-ring (bicyclic) bond motifs is 1. The zero-order valence-corrected chi connectivity index (χ0v) is 14.4. The molecule has 0 aliphatic rings. The molecule has 1 heterocycles. The lowest BCUT2D eigenvalue weighted by molar-refractivity contribution is 0.0528. The van der Waals surface area contributed by atoms with Gasteiger partial charge in [0.25, 0.3) is 5.91 Å². The molecule has 4 N–H and O–H groups in total. The van der Waals surface area contributed by atoms with Crippen LogP contribution in [0.5, 0.6) is 5.75 Å². The molecule has 24 heavy (non-hydrogen) atoms. The summed E-state index contributed by atoms with van der Waals surface area (Å²) < 4.78 is 10.4. The maximum Gasteiger partial charge on any atom is 0.407 e. The topological polar surface area (TPSA) is 106 Å². The molecule has 0 radical (unpaired) electrons. The number of H-pyrrole nitrogens is 1. The number of hydrogen-bond donors (Lipinski definition) is 3. The number of carbonyl (C=O) groups is 2. The van der Waals surface area contributed by atoms with Crippen LogP contribution in [-0.2, 0) is 11.2 Å². The molecular formula is C17H23N3O4. The van der Waals surface area contributed by atoms with E-state index in [0.717, 1.165) is 16.5 Å². The number of rotatable bonds is 5. The van der Waals surface area contributed by atoms with Crippen LogP contribution in [-0.4, -0.2) is 36.2 Å². The highest BCUT2D eigenvalue weighted by Crippen LogP contribution is 2.27. The molecule has 0 saturated carbocycles. The average molecular weight is 333 g/mol. The van der Waals surface area contributed by atoms with Gasteiger partial charge in [-0.25, -0.2) is 4.79 Å². The molecule has 130 valence electrons. The van der Waals surface area contributed by atoms with E-state index >= 15 is 0 Å². The fourth-order valence-corrected chi connectivity index (χ4v) is 2.43. The van der Waals surface area contributed by atoms with Crippen molar-refractivity contribution in [2.75, 3.05) is 13.7 Å². The van der Waals surface area contributed by atoms with E-state index in [-0.39, 0.29) is 0 Å². The zero-order valence-electron chi connectivity index (χ0n) is 14.4. The lowest BCUT2D eigenvalue weighted by atomic mass is 10.1. The highest BCUT2D eigenvalue weighted by atomic mass is 16.6. The summed E-state index contributed by atoms with van der Waals surface area (Å²) in [4.78, 5) is 26.4. The molecule has 2 amide bonds. The summed E-state index contributed by atoms with van der Waals surface area (Å²) in [5.74, 6) is 0.135. The summed E-state index contributed by atoms with van der Waals surface area (Å²) in [6.07, 6.45) is -0.0643. The van der Waals surface area contributed by atoms with Crippen molar-refractivity contribution in [1.82, 2.24) is 10.3 Å². The fourth-order valence-electron chi connectivity index (χ4n) is 2.43.